The van der Waals surface area contributed by atoms with Crippen molar-refractivity contribution in [2.45, 2.75) is 38.6 Å². The zero-order valence-electron chi connectivity index (χ0n) is 16.9. The highest BCUT2D eigenvalue weighted by atomic mass is 35.5. The molecule has 8 heteroatoms. The van der Waals surface area contributed by atoms with Gasteiger partial charge in [0, 0.05) is 48.4 Å². The van der Waals surface area contributed by atoms with Crippen LogP contribution in [0.1, 0.15) is 32.6 Å². The molecule has 0 atom stereocenters. The summed E-state index contributed by atoms with van der Waals surface area (Å²) >= 11 is 6.42. The molecule has 2 aromatic heterocycles. The smallest absolute Gasteiger partial charge is 0.222 e. The van der Waals surface area contributed by atoms with Gasteiger partial charge in [0.15, 0.2) is 5.65 Å². The topological polar surface area (TPSA) is 62.5 Å². The van der Waals surface area contributed by atoms with Gasteiger partial charge >= 0.3 is 0 Å². The largest absolute Gasteiger partial charge is 0.367 e. The lowest BCUT2D eigenvalue weighted by Crippen LogP contribution is -2.42. The fourth-order valence-corrected chi connectivity index (χ4v) is 4.07. The number of halogens is 1. The van der Waals surface area contributed by atoms with Gasteiger partial charge in [0.25, 0.3) is 0 Å². The molecule has 3 heterocycles. The Morgan fingerprint density at radius 1 is 1.31 bits per heavy atom. The average Bonchev–Trinajstić information content (AvgIpc) is 3.10. The molecular weight excluding hydrogens is 385 g/mol. The van der Waals surface area contributed by atoms with E-state index in [-0.39, 0.29) is 11.9 Å². The summed E-state index contributed by atoms with van der Waals surface area (Å²) in [4.78, 5) is 18.9. The lowest BCUT2D eigenvalue weighted by Gasteiger charge is -2.33. The van der Waals surface area contributed by atoms with Gasteiger partial charge in [0.2, 0.25) is 5.91 Å². The van der Waals surface area contributed by atoms with E-state index >= 15 is 0 Å². The number of likely N-dealkylation sites (tertiary alicyclic amines) is 1. The van der Waals surface area contributed by atoms with E-state index in [0.717, 1.165) is 60.5 Å². The number of hydrogen-bond donors (Lipinski definition) is 1. The molecule has 0 saturated carbocycles. The van der Waals surface area contributed by atoms with Crippen LogP contribution in [0, 0.1) is 0 Å². The number of anilines is 1. The van der Waals surface area contributed by atoms with Gasteiger partial charge in [-0.3, -0.25) is 4.79 Å². The van der Waals surface area contributed by atoms with Gasteiger partial charge in [-0.05, 0) is 30.8 Å². The number of piperidine rings is 1. The molecule has 1 amide bonds. The summed E-state index contributed by atoms with van der Waals surface area (Å²) in [6.07, 6.45) is 5.20. The number of amides is 1. The maximum absolute atomic E-state index is 12.1. The molecule has 1 aliphatic heterocycles. The van der Waals surface area contributed by atoms with Crippen LogP contribution in [0.2, 0.25) is 5.02 Å². The quantitative estimate of drug-likeness (QED) is 0.658. The predicted octanol–water partition coefficient (Wildman–Crippen LogP) is 2.51. The monoisotopic (exact) mass is 409 g/mol. The molecule has 1 aliphatic rings. The van der Waals surface area contributed by atoms with Crippen molar-refractivity contribution in [1.82, 2.24) is 19.5 Å². The first-order chi connectivity index (χ1) is 14.1. The van der Waals surface area contributed by atoms with Gasteiger partial charge in [-0.1, -0.05) is 36.7 Å². The first-order valence-electron chi connectivity index (χ1n) is 10.2. The van der Waals surface area contributed by atoms with Gasteiger partial charge in [-0.15, -0.1) is 0 Å². The van der Waals surface area contributed by atoms with E-state index in [2.05, 4.69) is 10.4 Å². The molecule has 0 aliphatic carbocycles. The van der Waals surface area contributed by atoms with Gasteiger partial charge in [-0.2, -0.15) is 9.61 Å². The summed E-state index contributed by atoms with van der Waals surface area (Å²) < 4.78 is 1.85. The third kappa shape index (κ3) is 4.10. The Balaban J connectivity index is 1.59. The summed E-state index contributed by atoms with van der Waals surface area (Å²) in [5.41, 5.74) is 3.56. The first-order valence-corrected chi connectivity index (χ1v) is 10.6. The van der Waals surface area contributed by atoms with Crippen LogP contribution in [0.25, 0.3) is 16.9 Å². The fourth-order valence-electron chi connectivity index (χ4n) is 3.84. The van der Waals surface area contributed by atoms with E-state index in [1.165, 1.54) is 0 Å². The highest BCUT2D eigenvalue weighted by molar-refractivity contribution is 6.36. The lowest BCUT2D eigenvalue weighted by molar-refractivity contribution is -0.132. The number of benzene rings is 1. The average molecular weight is 410 g/mol. The standard InChI is InChI=1S/C21H25BClN5O/c1-2-5-20(29)27-10-8-14(9-11-27)25-19-12-18(15-6-3-4-7-17(15)23)26-21-16(22)13-24-28(19)21/h3-4,6-7,12-14,25H,2,5,8-11,22H2,1H3. The molecule has 150 valence electrons. The van der Waals surface area contributed by atoms with Crippen molar-refractivity contribution >= 4 is 42.3 Å². The third-order valence-corrected chi connectivity index (χ3v) is 5.79. The molecule has 0 unspecified atom stereocenters. The zero-order valence-corrected chi connectivity index (χ0v) is 17.6. The fraction of sp³-hybridized carbons (Fsp3) is 0.381. The van der Waals surface area contributed by atoms with Crippen LogP contribution >= 0.6 is 11.6 Å². The number of nitrogens with one attached hydrogen (secondary N) is 1. The number of carbonyl (C=O) groups is 1. The van der Waals surface area contributed by atoms with Gasteiger partial charge < -0.3 is 10.2 Å². The van der Waals surface area contributed by atoms with Gasteiger partial charge in [-0.25, -0.2) is 4.98 Å². The SMILES string of the molecule is Bc1cnn2c(NC3CCN(C(=O)CCC)CC3)cc(-c3ccccc3Cl)nc12. The number of fused-ring (bicyclic) bond motifs is 1. The van der Waals surface area contributed by atoms with Crippen molar-refractivity contribution in [3.8, 4) is 11.3 Å². The van der Waals surface area contributed by atoms with Crippen LogP contribution in [-0.4, -0.2) is 52.4 Å². The summed E-state index contributed by atoms with van der Waals surface area (Å²) in [5.74, 6) is 1.16. The summed E-state index contributed by atoms with van der Waals surface area (Å²) in [6, 6.07) is 10.0. The van der Waals surface area contributed by atoms with Crippen LogP contribution < -0.4 is 10.8 Å². The van der Waals surface area contributed by atoms with Crippen LogP contribution in [0.5, 0.6) is 0 Å². The highest BCUT2D eigenvalue weighted by Gasteiger charge is 2.23. The van der Waals surface area contributed by atoms with Crippen molar-refractivity contribution in [2.75, 3.05) is 18.4 Å². The number of rotatable bonds is 5. The normalized spacial score (nSPS) is 15.0. The molecule has 29 heavy (non-hydrogen) atoms. The molecule has 1 saturated heterocycles. The van der Waals surface area contributed by atoms with Gasteiger partial charge in [0.1, 0.15) is 13.7 Å². The lowest BCUT2D eigenvalue weighted by atomic mass is 10.0. The molecule has 3 aromatic rings. The van der Waals surface area contributed by atoms with Crippen molar-refractivity contribution in [3.05, 3.63) is 41.6 Å². The van der Waals surface area contributed by atoms with Crippen LogP contribution in [0.3, 0.4) is 0 Å². The van der Waals surface area contributed by atoms with Gasteiger partial charge in [0.05, 0.1) is 5.69 Å². The first kappa shape index (κ1) is 19.8. The minimum atomic E-state index is 0.265. The predicted molar refractivity (Wildman–Crippen MR) is 120 cm³/mol. The third-order valence-electron chi connectivity index (χ3n) is 5.46. The highest BCUT2D eigenvalue weighted by Crippen LogP contribution is 2.29. The Kier molecular flexibility index (Phi) is 5.76. The minimum absolute atomic E-state index is 0.265. The second kappa shape index (κ2) is 8.45. The minimum Gasteiger partial charge on any atom is -0.367 e. The Labute approximate surface area is 176 Å². The molecule has 4 rings (SSSR count). The Morgan fingerprint density at radius 2 is 2.07 bits per heavy atom. The van der Waals surface area contributed by atoms with E-state index in [9.17, 15) is 4.79 Å². The molecule has 0 spiro atoms. The van der Waals surface area contributed by atoms with Crippen LogP contribution in [0.4, 0.5) is 5.82 Å². The van der Waals surface area contributed by atoms with Crippen LogP contribution in [0.15, 0.2) is 36.5 Å². The van der Waals surface area contributed by atoms with E-state index < -0.39 is 0 Å². The molecule has 1 fully saturated rings. The van der Waals surface area contributed by atoms with Crippen molar-refractivity contribution in [3.63, 3.8) is 0 Å². The van der Waals surface area contributed by atoms with E-state index in [1.807, 2.05) is 60.7 Å². The number of nitrogens with zero attached hydrogens (tertiary/aromatic N) is 4. The second-order valence-corrected chi connectivity index (χ2v) is 8.03. The van der Waals surface area contributed by atoms with Crippen molar-refractivity contribution < 1.29 is 4.79 Å². The second-order valence-electron chi connectivity index (χ2n) is 7.62. The maximum Gasteiger partial charge on any atom is 0.222 e. The maximum atomic E-state index is 12.1. The molecule has 1 aromatic carbocycles. The molecule has 0 bridgehead atoms. The Bertz CT molecular complexity index is 1030. The number of hydrogen-bond acceptors (Lipinski definition) is 4. The van der Waals surface area contributed by atoms with E-state index in [1.54, 1.807) is 0 Å². The summed E-state index contributed by atoms with van der Waals surface area (Å²) in [6.45, 7) is 3.63. The molecule has 1 N–H and O–H groups in total. The molecule has 0 radical (unpaired) electrons. The summed E-state index contributed by atoms with van der Waals surface area (Å²) in [5, 5.41) is 8.82. The summed E-state index contributed by atoms with van der Waals surface area (Å²) in [7, 11) is 2.01. The molecular formula is C21H25BClN5O. The van der Waals surface area contributed by atoms with E-state index in [4.69, 9.17) is 16.6 Å². The number of aromatic nitrogens is 3. The molecule has 6 nitrogen and oxygen atoms in total. The van der Waals surface area contributed by atoms with Crippen LogP contribution in [-0.2, 0) is 4.79 Å². The number of carbonyl (C=O) groups excluding carboxylic acids is 1. The Hall–Kier alpha value is -2.54. The Morgan fingerprint density at radius 3 is 2.79 bits per heavy atom. The van der Waals surface area contributed by atoms with E-state index in [0.29, 0.717) is 11.4 Å². The zero-order chi connectivity index (χ0) is 20.4. The van der Waals surface area contributed by atoms with Crippen molar-refractivity contribution in [2.24, 2.45) is 0 Å². The van der Waals surface area contributed by atoms with Crippen molar-refractivity contribution in [1.29, 1.82) is 0 Å².